The number of piperidine rings is 1. The van der Waals surface area contributed by atoms with Crippen molar-refractivity contribution >= 4 is 5.97 Å². The van der Waals surface area contributed by atoms with Crippen LogP contribution in [0.5, 0.6) is 5.75 Å². The van der Waals surface area contributed by atoms with Crippen molar-refractivity contribution in [1.29, 1.82) is 0 Å². The lowest BCUT2D eigenvalue weighted by atomic mass is 9.97. The number of pyridine rings is 1. The van der Waals surface area contributed by atoms with Crippen LogP contribution in [0, 0.1) is 19.8 Å². The number of aryl methyl sites for hydroxylation is 1. The molecule has 1 fully saturated rings. The highest BCUT2D eigenvalue weighted by Crippen LogP contribution is 2.23. The fraction of sp³-hybridized carbons (Fsp3) is 0.600. The second kappa shape index (κ2) is 6.22. The van der Waals surface area contributed by atoms with Gasteiger partial charge in [0.05, 0.1) is 20.2 Å². The van der Waals surface area contributed by atoms with Gasteiger partial charge in [0, 0.05) is 42.1 Å². The average Bonchev–Trinajstić information content (AvgIpc) is 2.43. The lowest BCUT2D eigenvalue weighted by Gasteiger charge is -2.29. The highest BCUT2D eigenvalue weighted by molar-refractivity contribution is 5.67. The molecule has 1 N–H and O–H groups in total. The molecule has 2 heterocycles. The molecule has 0 atom stereocenters. The third-order valence-electron chi connectivity index (χ3n) is 4.19. The number of aliphatic carboxylic acids is 1. The van der Waals surface area contributed by atoms with Gasteiger partial charge in [0.2, 0.25) is 0 Å². The summed E-state index contributed by atoms with van der Waals surface area (Å²) in [5, 5.41) is 10.8. The van der Waals surface area contributed by atoms with Gasteiger partial charge >= 0.3 is 0 Å². The molecule has 5 heteroatoms. The number of carbonyl (C=O) groups excluding carboxylic acids is 1. The third-order valence-corrected chi connectivity index (χ3v) is 4.19. The number of hydrogen-bond donors (Lipinski definition) is 1. The summed E-state index contributed by atoms with van der Waals surface area (Å²) in [6, 6.07) is 0. The first-order chi connectivity index (χ1) is 9.52. The number of hydrogen-bond acceptors (Lipinski definition) is 4. The van der Waals surface area contributed by atoms with Gasteiger partial charge in [0.1, 0.15) is 18.0 Å². The maximum absolute atomic E-state index is 10.8. The van der Waals surface area contributed by atoms with Gasteiger partial charge in [-0.3, -0.25) is 4.98 Å². The van der Waals surface area contributed by atoms with E-state index in [0.29, 0.717) is 12.8 Å². The van der Waals surface area contributed by atoms with Crippen LogP contribution in [0.25, 0.3) is 0 Å². The highest BCUT2D eigenvalue weighted by atomic mass is 16.5. The normalized spacial score (nSPS) is 22.6. The van der Waals surface area contributed by atoms with Crippen LogP contribution in [0.15, 0.2) is 6.20 Å². The summed E-state index contributed by atoms with van der Waals surface area (Å²) in [5.74, 6) is -0.283. The zero-order chi connectivity index (χ0) is 14.7. The molecule has 5 nitrogen and oxygen atoms in total. The predicted octanol–water partition coefficient (Wildman–Crippen LogP) is -0.748. The molecule has 0 amide bonds. The zero-order valence-corrected chi connectivity index (χ0v) is 12.4. The lowest BCUT2D eigenvalue weighted by Crippen LogP contribution is -3.12. The molecule has 1 aromatic heterocycles. The van der Waals surface area contributed by atoms with Crippen LogP contribution < -0.4 is 14.7 Å². The predicted molar refractivity (Wildman–Crippen MR) is 72.4 cm³/mol. The van der Waals surface area contributed by atoms with Gasteiger partial charge < -0.3 is 19.5 Å². The Morgan fingerprint density at radius 3 is 2.65 bits per heavy atom. The molecule has 1 aromatic rings. The van der Waals surface area contributed by atoms with Crippen LogP contribution in [0.3, 0.4) is 0 Å². The topological polar surface area (TPSA) is 66.7 Å². The number of rotatable bonds is 4. The molecule has 1 aliphatic rings. The van der Waals surface area contributed by atoms with E-state index in [1.54, 1.807) is 7.11 Å². The molecular weight excluding hydrogens is 256 g/mol. The Balaban J connectivity index is 2.03. The Morgan fingerprint density at radius 2 is 2.10 bits per heavy atom. The van der Waals surface area contributed by atoms with Crippen molar-refractivity contribution in [2.75, 3.05) is 20.2 Å². The van der Waals surface area contributed by atoms with E-state index in [2.05, 4.69) is 4.98 Å². The van der Waals surface area contributed by atoms with Gasteiger partial charge in [-0.2, -0.15) is 0 Å². The number of nitrogens with one attached hydrogen (secondary N) is 1. The van der Waals surface area contributed by atoms with Crippen molar-refractivity contribution in [2.45, 2.75) is 33.2 Å². The molecule has 0 aromatic carbocycles. The van der Waals surface area contributed by atoms with Crippen LogP contribution in [0.4, 0.5) is 0 Å². The van der Waals surface area contributed by atoms with Crippen LogP contribution in [-0.4, -0.2) is 31.2 Å². The minimum atomic E-state index is -0.907. The molecule has 0 bridgehead atoms. The van der Waals surface area contributed by atoms with Gasteiger partial charge in [-0.15, -0.1) is 0 Å². The molecule has 0 unspecified atom stereocenters. The van der Waals surface area contributed by atoms with Crippen molar-refractivity contribution in [2.24, 2.45) is 5.92 Å². The monoisotopic (exact) mass is 278 g/mol. The van der Waals surface area contributed by atoms with Crippen molar-refractivity contribution in [3.63, 3.8) is 0 Å². The summed E-state index contributed by atoms with van der Waals surface area (Å²) in [7, 11) is 1.68. The van der Waals surface area contributed by atoms with E-state index in [1.165, 1.54) is 4.90 Å². The van der Waals surface area contributed by atoms with E-state index in [1.807, 2.05) is 20.0 Å². The Kier molecular flexibility index (Phi) is 4.60. The molecule has 2 rings (SSSR count). The maximum Gasteiger partial charge on any atom is 0.128 e. The number of nitrogens with zero attached hydrogens (tertiary/aromatic N) is 1. The molecule has 0 aliphatic carbocycles. The minimum Gasteiger partial charge on any atom is -0.550 e. The second-order valence-electron chi connectivity index (χ2n) is 5.57. The van der Waals surface area contributed by atoms with E-state index in [0.717, 1.165) is 42.2 Å². The van der Waals surface area contributed by atoms with Crippen LogP contribution in [-0.2, 0) is 11.3 Å². The highest BCUT2D eigenvalue weighted by Gasteiger charge is 2.24. The zero-order valence-electron chi connectivity index (χ0n) is 12.4. The largest absolute Gasteiger partial charge is 0.550 e. The standard InChI is InChI=1S/C15H22N2O3/c1-10-8-16-13(11(2)14(10)20-3)9-17-6-4-12(5-7-17)15(18)19/h8,12H,4-7,9H2,1-3H3,(H,18,19). The van der Waals surface area contributed by atoms with Crippen LogP contribution >= 0.6 is 0 Å². The van der Waals surface area contributed by atoms with E-state index < -0.39 is 5.97 Å². The van der Waals surface area contributed by atoms with Gasteiger partial charge in [0.25, 0.3) is 0 Å². The van der Waals surface area contributed by atoms with E-state index >= 15 is 0 Å². The first-order valence-corrected chi connectivity index (χ1v) is 7.06. The number of methoxy groups -OCH3 is 1. The molecule has 1 aliphatic heterocycles. The number of aromatic nitrogens is 1. The number of likely N-dealkylation sites (tertiary alicyclic amines) is 1. The number of quaternary nitrogens is 1. The lowest BCUT2D eigenvalue weighted by molar-refractivity contribution is -0.919. The van der Waals surface area contributed by atoms with Crippen molar-refractivity contribution in [1.82, 2.24) is 4.98 Å². The molecule has 20 heavy (non-hydrogen) atoms. The minimum absolute atomic E-state index is 0.277. The molecule has 1 saturated heterocycles. The van der Waals surface area contributed by atoms with E-state index in [9.17, 15) is 9.90 Å². The number of carbonyl (C=O) groups is 1. The Bertz CT molecular complexity index is 494. The van der Waals surface area contributed by atoms with Crippen molar-refractivity contribution < 1.29 is 19.5 Å². The Morgan fingerprint density at radius 1 is 1.45 bits per heavy atom. The number of carboxylic acid groups (broad SMARTS) is 1. The fourth-order valence-electron chi connectivity index (χ4n) is 2.92. The summed E-state index contributed by atoms with van der Waals surface area (Å²) in [4.78, 5) is 16.7. The quantitative estimate of drug-likeness (QED) is 0.787. The number of carboxylic acids is 1. The molecule has 0 radical (unpaired) electrons. The summed E-state index contributed by atoms with van der Waals surface area (Å²) < 4.78 is 5.42. The molecule has 0 saturated carbocycles. The van der Waals surface area contributed by atoms with E-state index in [4.69, 9.17) is 4.74 Å². The molecule has 110 valence electrons. The smallest absolute Gasteiger partial charge is 0.128 e. The third kappa shape index (κ3) is 3.10. The fourth-order valence-corrected chi connectivity index (χ4v) is 2.92. The second-order valence-corrected chi connectivity index (χ2v) is 5.57. The maximum atomic E-state index is 10.8. The summed E-state index contributed by atoms with van der Waals surface area (Å²) in [5.41, 5.74) is 3.16. The van der Waals surface area contributed by atoms with Gasteiger partial charge in [-0.05, 0) is 13.8 Å². The van der Waals surface area contributed by atoms with Crippen LogP contribution in [0.2, 0.25) is 0 Å². The van der Waals surface area contributed by atoms with Gasteiger partial charge in [-0.1, -0.05) is 0 Å². The first-order valence-electron chi connectivity index (χ1n) is 7.06. The summed E-state index contributed by atoms with van der Waals surface area (Å²) >= 11 is 0. The van der Waals surface area contributed by atoms with Gasteiger partial charge in [-0.25, -0.2) is 0 Å². The Hall–Kier alpha value is -1.62. The SMILES string of the molecule is COc1c(C)cnc(C[NH+]2CCC(C(=O)[O-])CC2)c1C. The summed E-state index contributed by atoms with van der Waals surface area (Å²) in [6.45, 7) is 6.55. The average molecular weight is 278 g/mol. The van der Waals surface area contributed by atoms with Crippen LogP contribution in [0.1, 0.15) is 29.7 Å². The van der Waals surface area contributed by atoms with Crippen molar-refractivity contribution in [3.05, 3.63) is 23.0 Å². The molecular formula is C15H22N2O3. The molecule has 0 spiro atoms. The van der Waals surface area contributed by atoms with Crippen molar-refractivity contribution in [3.8, 4) is 5.75 Å². The summed E-state index contributed by atoms with van der Waals surface area (Å²) in [6.07, 6.45) is 3.23. The number of ether oxygens (including phenoxy) is 1. The first kappa shape index (κ1) is 14.8. The van der Waals surface area contributed by atoms with Gasteiger partial charge in [0.15, 0.2) is 0 Å². The Labute approximate surface area is 119 Å². The van der Waals surface area contributed by atoms with E-state index in [-0.39, 0.29) is 5.92 Å².